The summed E-state index contributed by atoms with van der Waals surface area (Å²) in [6, 6.07) is 20.7. The maximum absolute atomic E-state index is 5.67. The Morgan fingerprint density at radius 3 is 2.46 bits per heavy atom. The highest BCUT2D eigenvalue weighted by Crippen LogP contribution is 2.46. The van der Waals surface area contributed by atoms with Crippen LogP contribution in [-0.4, -0.2) is 30.3 Å². The van der Waals surface area contributed by atoms with Crippen molar-refractivity contribution in [1.29, 1.82) is 0 Å². The molecule has 3 aromatic rings. The molecule has 304 valence electrons. The van der Waals surface area contributed by atoms with Gasteiger partial charge < -0.3 is 20.9 Å². The molecule has 0 spiro atoms. The van der Waals surface area contributed by atoms with Crippen LogP contribution in [-0.2, 0) is 0 Å². The van der Waals surface area contributed by atoms with Crippen LogP contribution in [0.5, 0.6) is 0 Å². The van der Waals surface area contributed by atoms with Crippen molar-refractivity contribution in [3.05, 3.63) is 186 Å². The first kappa shape index (κ1) is 37.1. The van der Waals surface area contributed by atoms with Gasteiger partial charge in [-0.05, 0) is 102 Å². The highest BCUT2D eigenvalue weighted by atomic mass is 32.1. The number of rotatable bonds is 7. The van der Waals surface area contributed by atoms with Gasteiger partial charge in [-0.25, -0.2) is 4.99 Å². The van der Waals surface area contributed by atoms with Crippen molar-refractivity contribution in [1.82, 2.24) is 10.6 Å². The van der Waals surface area contributed by atoms with Gasteiger partial charge in [-0.2, -0.15) is 0 Å². The molecule has 2 aromatic carbocycles. The quantitative estimate of drug-likeness (QED) is 0.238. The maximum atomic E-state index is 5.67. The number of fused-ring (bicyclic) bond motifs is 6. The van der Waals surface area contributed by atoms with Gasteiger partial charge in [-0.15, -0.1) is 11.3 Å². The smallest absolute Gasteiger partial charge is 0.205 e. The maximum Gasteiger partial charge on any atom is 0.205 e. The van der Waals surface area contributed by atoms with E-state index in [0.717, 1.165) is 63.6 Å². The number of nitrogens with two attached hydrogens (primary N) is 1. The summed E-state index contributed by atoms with van der Waals surface area (Å²) in [5, 5.41) is 13.7. The molecule has 0 amide bonds. The highest BCUT2D eigenvalue weighted by Gasteiger charge is 2.41. The molecule has 9 aliphatic rings. The Labute approximate surface area is 363 Å². The van der Waals surface area contributed by atoms with Crippen LogP contribution in [0.3, 0.4) is 0 Å². The SMILES string of the molecule is C1=CCCC(C2N=C(C3=C(C4C=c5c(sc6c5=CC5c7ccccc7N(C7=CC=CCC7)C5C=6)=CC4)NC(C4=C(c5ccccc5)C=CCC4)C3)NC(C3C=CC=CC3)[NH2+]2)=C1. The Morgan fingerprint density at radius 1 is 0.754 bits per heavy atom. The number of thiophene rings is 1. The molecular weight excluding hydrogens is 763 g/mol. The summed E-state index contributed by atoms with van der Waals surface area (Å²) in [7, 11) is 0. The van der Waals surface area contributed by atoms with Gasteiger partial charge in [0.15, 0.2) is 6.17 Å². The summed E-state index contributed by atoms with van der Waals surface area (Å²) in [5.74, 6) is 2.05. The minimum absolute atomic E-state index is 0.0692. The summed E-state index contributed by atoms with van der Waals surface area (Å²) >= 11 is 1.99. The van der Waals surface area contributed by atoms with Crippen molar-refractivity contribution in [2.75, 3.05) is 4.90 Å². The van der Waals surface area contributed by atoms with E-state index in [1.165, 1.54) is 70.0 Å². The van der Waals surface area contributed by atoms with Gasteiger partial charge in [0.25, 0.3) is 0 Å². The van der Waals surface area contributed by atoms with Gasteiger partial charge in [-0.1, -0.05) is 134 Å². The molecule has 3 aliphatic heterocycles. The standard InChI is InChI=1S/C55H53N5S/c1-5-17-35(18-6-1)40-25-13-14-26-41(40)47-33-46(55-58-53(36-19-7-2-8-20-36)57-54(59-55)37-21-9-3-10-22-37)52(56-47)38-29-30-50-44(31-38)45-32-43-42-27-15-16-28-48(42)60(39-23-11-4-12-24-39)49(43)34-51(45)61-50/h1-9,11,13,15-19,21,23,25,27-28,30-32,34,36,38,43,47,49,53-54,56-57H,10,12,14,20,22,24,26,29,33H2,(H,58,59)/p+1. The highest BCUT2D eigenvalue weighted by molar-refractivity contribution is 7.07. The van der Waals surface area contributed by atoms with Crippen LogP contribution in [0.25, 0.3) is 29.9 Å². The number of hydrogen-bond donors (Lipinski definition) is 3. The predicted molar refractivity (Wildman–Crippen MR) is 254 cm³/mol. The number of quaternary nitrogens is 1. The zero-order valence-corrected chi connectivity index (χ0v) is 35.5. The van der Waals surface area contributed by atoms with Crippen LogP contribution < -0.4 is 40.4 Å². The van der Waals surface area contributed by atoms with Gasteiger partial charge >= 0.3 is 0 Å². The minimum atomic E-state index is 0.0692. The second kappa shape index (κ2) is 15.6. The number of para-hydroxylation sites is 1. The lowest BCUT2D eigenvalue weighted by Gasteiger charge is -2.34. The molecule has 7 unspecified atom stereocenters. The Hall–Kier alpha value is -5.69. The first-order valence-corrected chi connectivity index (χ1v) is 23.7. The van der Waals surface area contributed by atoms with Gasteiger partial charge in [0.05, 0.1) is 18.0 Å². The fourth-order valence-electron chi connectivity index (χ4n) is 11.5. The number of allylic oxidation sites excluding steroid dienone is 14. The van der Waals surface area contributed by atoms with Crippen LogP contribution >= 0.6 is 11.3 Å². The van der Waals surface area contributed by atoms with E-state index < -0.39 is 0 Å². The summed E-state index contributed by atoms with van der Waals surface area (Å²) in [5.41, 5.74) is 12.6. The minimum Gasteiger partial charge on any atom is -0.381 e. The van der Waals surface area contributed by atoms with E-state index in [9.17, 15) is 0 Å². The normalized spacial score (nSPS) is 29.4. The van der Waals surface area contributed by atoms with Crippen molar-refractivity contribution >= 4 is 52.7 Å². The van der Waals surface area contributed by atoms with Gasteiger partial charge in [0, 0.05) is 55.5 Å². The van der Waals surface area contributed by atoms with Gasteiger partial charge in [0.1, 0.15) is 5.84 Å². The Balaban J connectivity index is 0.979. The van der Waals surface area contributed by atoms with Crippen molar-refractivity contribution < 1.29 is 5.32 Å². The predicted octanol–water partition coefficient (Wildman–Crippen LogP) is 7.16. The number of amidine groups is 1. The van der Waals surface area contributed by atoms with Crippen molar-refractivity contribution in [3.63, 3.8) is 0 Å². The van der Waals surface area contributed by atoms with E-state index in [1.807, 2.05) is 11.3 Å². The van der Waals surface area contributed by atoms with Crippen molar-refractivity contribution in [3.8, 4) is 0 Å². The van der Waals surface area contributed by atoms with E-state index in [-0.39, 0.29) is 24.3 Å². The molecule has 5 nitrogen and oxygen atoms in total. The zero-order valence-electron chi connectivity index (χ0n) is 34.7. The number of nitrogens with one attached hydrogen (secondary N) is 2. The molecule has 61 heavy (non-hydrogen) atoms. The molecule has 0 bridgehead atoms. The van der Waals surface area contributed by atoms with Crippen LogP contribution in [0.4, 0.5) is 5.69 Å². The number of nitrogens with zero attached hydrogens (tertiary/aromatic N) is 2. The number of aliphatic imine (C=N–C) groups is 1. The van der Waals surface area contributed by atoms with Crippen LogP contribution in [0.15, 0.2) is 161 Å². The molecule has 0 radical (unpaired) electrons. The van der Waals surface area contributed by atoms with E-state index >= 15 is 0 Å². The average molecular weight is 817 g/mol. The average Bonchev–Trinajstić information content (AvgIpc) is 4.04. The van der Waals surface area contributed by atoms with Crippen LogP contribution in [0, 0.1) is 11.8 Å². The third kappa shape index (κ3) is 6.67. The molecule has 0 saturated heterocycles. The fourth-order valence-corrected chi connectivity index (χ4v) is 12.7. The second-order valence-electron chi connectivity index (χ2n) is 18.0. The summed E-state index contributed by atoms with van der Waals surface area (Å²) in [4.78, 5) is 8.32. The Morgan fingerprint density at radius 2 is 1.61 bits per heavy atom. The summed E-state index contributed by atoms with van der Waals surface area (Å²) in [6.07, 6.45) is 47.8. The van der Waals surface area contributed by atoms with Gasteiger partial charge in [-0.3, -0.25) is 0 Å². The second-order valence-corrected chi connectivity index (χ2v) is 19.1. The fraction of sp³-hybridized carbons (Fsp3) is 0.291. The lowest BCUT2D eigenvalue weighted by atomic mass is 9.86. The number of benzene rings is 2. The van der Waals surface area contributed by atoms with Crippen LogP contribution in [0.2, 0.25) is 0 Å². The topological polar surface area (TPSA) is 56.3 Å². The number of anilines is 1. The monoisotopic (exact) mass is 816 g/mol. The van der Waals surface area contributed by atoms with Gasteiger partial charge in [0.2, 0.25) is 6.17 Å². The molecule has 0 fully saturated rings. The van der Waals surface area contributed by atoms with E-state index in [2.05, 4.69) is 173 Å². The first-order chi connectivity index (χ1) is 30.2. The third-order valence-electron chi connectivity index (χ3n) is 14.5. The molecule has 6 heteroatoms. The Bertz CT molecular complexity index is 2870. The molecular formula is C55H54N5S+. The Kier molecular flexibility index (Phi) is 9.52. The van der Waals surface area contributed by atoms with E-state index in [4.69, 9.17) is 4.99 Å². The molecule has 4 heterocycles. The van der Waals surface area contributed by atoms with Crippen LogP contribution in [0.1, 0.15) is 74.8 Å². The lowest BCUT2D eigenvalue weighted by molar-refractivity contribution is -0.723. The molecule has 12 rings (SSSR count). The largest absolute Gasteiger partial charge is 0.381 e. The van der Waals surface area contributed by atoms with E-state index in [0.29, 0.717) is 17.9 Å². The summed E-state index contributed by atoms with van der Waals surface area (Å²) < 4.78 is 2.85. The number of hydrogen-bond acceptors (Lipinski definition) is 5. The van der Waals surface area contributed by atoms with Crippen molar-refractivity contribution in [2.24, 2.45) is 16.8 Å². The first-order valence-electron chi connectivity index (χ1n) is 22.8. The molecule has 0 saturated carbocycles. The molecule has 1 aromatic heterocycles. The molecule has 7 atom stereocenters. The van der Waals surface area contributed by atoms with E-state index in [1.54, 1.807) is 0 Å². The third-order valence-corrected chi connectivity index (χ3v) is 15.6. The zero-order chi connectivity index (χ0) is 40.3. The summed E-state index contributed by atoms with van der Waals surface area (Å²) in [6.45, 7) is 0. The molecule has 4 N–H and O–H groups in total. The lowest BCUT2D eigenvalue weighted by Crippen LogP contribution is -3.01. The molecule has 6 aliphatic carbocycles. The van der Waals surface area contributed by atoms with Crippen molar-refractivity contribution in [2.45, 2.75) is 88.1 Å².